The molecule has 98 valence electrons. The van der Waals surface area contributed by atoms with Crippen LogP contribution in [0.4, 0.5) is 0 Å². The summed E-state index contributed by atoms with van der Waals surface area (Å²) in [5.74, 6) is 0. The lowest BCUT2D eigenvalue weighted by Gasteiger charge is -2.18. The van der Waals surface area contributed by atoms with Gasteiger partial charge in [0.15, 0.2) is 0 Å². The van der Waals surface area contributed by atoms with Crippen molar-refractivity contribution in [2.75, 3.05) is 26.2 Å². The van der Waals surface area contributed by atoms with Gasteiger partial charge >= 0.3 is 0 Å². The van der Waals surface area contributed by atoms with Crippen LogP contribution in [0.2, 0.25) is 0 Å². The minimum Gasteiger partial charge on any atom is -0.353 e. The van der Waals surface area contributed by atoms with Crippen molar-refractivity contribution in [2.45, 2.75) is 40.3 Å². The van der Waals surface area contributed by atoms with Gasteiger partial charge in [0.2, 0.25) is 0 Å². The van der Waals surface area contributed by atoms with Gasteiger partial charge in [-0.2, -0.15) is 0 Å². The molecule has 1 aromatic rings. The lowest BCUT2D eigenvalue weighted by molar-refractivity contribution is 0.290. The SMILES string of the molecule is CCNC(C)c1ccn(CCN(CC)CC)c1. The molecule has 0 bridgehead atoms. The molecule has 0 saturated heterocycles. The third-order valence-corrected chi connectivity index (χ3v) is 3.35. The van der Waals surface area contributed by atoms with E-state index in [1.165, 1.54) is 5.56 Å². The van der Waals surface area contributed by atoms with Crippen molar-refractivity contribution >= 4 is 0 Å². The molecular weight excluding hydrogens is 210 g/mol. The van der Waals surface area contributed by atoms with Gasteiger partial charge in [0.1, 0.15) is 0 Å². The Morgan fingerprint density at radius 3 is 2.59 bits per heavy atom. The third kappa shape index (κ3) is 4.52. The fraction of sp³-hybridized carbons (Fsp3) is 0.714. The minimum absolute atomic E-state index is 0.453. The van der Waals surface area contributed by atoms with Crippen molar-refractivity contribution in [3.63, 3.8) is 0 Å². The highest BCUT2D eigenvalue weighted by atomic mass is 15.1. The van der Waals surface area contributed by atoms with Crippen molar-refractivity contribution in [1.82, 2.24) is 14.8 Å². The van der Waals surface area contributed by atoms with Gasteiger partial charge in [0.05, 0.1) is 0 Å². The summed E-state index contributed by atoms with van der Waals surface area (Å²) in [5, 5.41) is 3.44. The number of likely N-dealkylation sites (N-methyl/N-ethyl adjacent to an activating group) is 1. The van der Waals surface area contributed by atoms with Crippen LogP contribution in [0.15, 0.2) is 18.5 Å². The van der Waals surface area contributed by atoms with E-state index >= 15 is 0 Å². The Labute approximate surface area is 106 Å². The molecule has 0 aliphatic rings. The second-order valence-corrected chi connectivity index (χ2v) is 4.49. The number of hydrogen-bond donors (Lipinski definition) is 1. The van der Waals surface area contributed by atoms with Gasteiger partial charge in [0.25, 0.3) is 0 Å². The van der Waals surface area contributed by atoms with E-state index in [1.54, 1.807) is 0 Å². The monoisotopic (exact) mass is 237 g/mol. The standard InChI is InChI=1S/C14H27N3/c1-5-15-13(4)14-8-9-17(12-14)11-10-16(6-2)7-3/h8-9,12-13,15H,5-7,10-11H2,1-4H3. The molecule has 1 aromatic heterocycles. The van der Waals surface area contributed by atoms with Gasteiger partial charge in [0, 0.05) is 31.5 Å². The molecular formula is C14H27N3. The van der Waals surface area contributed by atoms with Gasteiger partial charge in [-0.05, 0) is 38.2 Å². The Morgan fingerprint density at radius 1 is 1.29 bits per heavy atom. The maximum absolute atomic E-state index is 3.44. The largest absolute Gasteiger partial charge is 0.353 e. The minimum atomic E-state index is 0.453. The Kier molecular flexibility index (Phi) is 6.30. The normalized spacial score (nSPS) is 13.2. The topological polar surface area (TPSA) is 20.2 Å². The highest BCUT2D eigenvalue weighted by Gasteiger charge is 2.05. The summed E-state index contributed by atoms with van der Waals surface area (Å²) in [7, 11) is 0. The second kappa shape index (κ2) is 7.51. The first-order valence-electron chi connectivity index (χ1n) is 6.82. The first-order chi connectivity index (χ1) is 8.21. The molecule has 0 spiro atoms. The first-order valence-corrected chi connectivity index (χ1v) is 6.82. The maximum Gasteiger partial charge on any atom is 0.0347 e. The van der Waals surface area contributed by atoms with Gasteiger partial charge in [-0.1, -0.05) is 20.8 Å². The molecule has 1 unspecified atom stereocenters. The maximum atomic E-state index is 3.44. The Bertz CT molecular complexity index is 302. The number of nitrogens with one attached hydrogen (secondary N) is 1. The van der Waals surface area contributed by atoms with Crippen molar-refractivity contribution in [2.24, 2.45) is 0 Å². The summed E-state index contributed by atoms with van der Waals surface area (Å²) >= 11 is 0. The quantitative estimate of drug-likeness (QED) is 0.749. The third-order valence-electron chi connectivity index (χ3n) is 3.35. The van der Waals surface area contributed by atoms with Crippen molar-refractivity contribution in [3.05, 3.63) is 24.0 Å². The van der Waals surface area contributed by atoms with Crippen LogP contribution in [0.1, 0.15) is 39.3 Å². The molecule has 0 fully saturated rings. The molecule has 0 aromatic carbocycles. The van der Waals surface area contributed by atoms with E-state index in [-0.39, 0.29) is 0 Å². The summed E-state index contributed by atoms with van der Waals surface area (Å²) in [6.45, 7) is 14.3. The molecule has 17 heavy (non-hydrogen) atoms. The number of rotatable bonds is 8. The van der Waals surface area contributed by atoms with Crippen LogP contribution in [-0.2, 0) is 6.54 Å². The van der Waals surface area contributed by atoms with E-state index in [0.29, 0.717) is 6.04 Å². The van der Waals surface area contributed by atoms with E-state index in [0.717, 1.165) is 32.7 Å². The lowest BCUT2D eigenvalue weighted by Crippen LogP contribution is -2.26. The lowest BCUT2D eigenvalue weighted by atomic mass is 10.2. The molecule has 3 heteroatoms. The van der Waals surface area contributed by atoms with E-state index < -0.39 is 0 Å². The number of nitrogens with zero attached hydrogens (tertiary/aromatic N) is 2. The van der Waals surface area contributed by atoms with Crippen molar-refractivity contribution in [1.29, 1.82) is 0 Å². The highest BCUT2D eigenvalue weighted by molar-refractivity contribution is 5.14. The number of hydrogen-bond acceptors (Lipinski definition) is 2. The van der Waals surface area contributed by atoms with Crippen LogP contribution >= 0.6 is 0 Å². The van der Waals surface area contributed by atoms with E-state index in [4.69, 9.17) is 0 Å². The molecule has 0 aliphatic heterocycles. The van der Waals surface area contributed by atoms with E-state index in [2.05, 4.69) is 60.9 Å². The molecule has 0 radical (unpaired) electrons. The molecule has 0 aliphatic carbocycles. The Morgan fingerprint density at radius 2 is 2.00 bits per heavy atom. The van der Waals surface area contributed by atoms with Crippen LogP contribution in [-0.4, -0.2) is 35.6 Å². The van der Waals surface area contributed by atoms with Crippen LogP contribution < -0.4 is 5.32 Å². The average Bonchev–Trinajstić information content (AvgIpc) is 2.79. The van der Waals surface area contributed by atoms with Crippen LogP contribution in [0.25, 0.3) is 0 Å². The Hall–Kier alpha value is -0.800. The fourth-order valence-corrected chi connectivity index (χ4v) is 2.08. The predicted octanol–water partition coefficient (Wildman–Crippen LogP) is 2.50. The summed E-state index contributed by atoms with van der Waals surface area (Å²) in [4.78, 5) is 2.45. The average molecular weight is 237 g/mol. The van der Waals surface area contributed by atoms with E-state index in [9.17, 15) is 0 Å². The molecule has 1 heterocycles. The number of aromatic nitrogens is 1. The van der Waals surface area contributed by atoms with Gasteiger partial charge in [-0.3, -0.25) is 0 Å². The predicted molar refractivity (Wildman–Crippen MR) is 74.3 cm³/mol. The smallest absolute Gasteiger partial charge is 0.0347 e. The summed E-state index contributed by atoms with van der Waals surface area (Å²) < 4.78 is 2.29. The highest BCUT2D eigenvalue weighted by Crippen LogP contribution is 2.12. The molecule has 1 atom stereocenters. The molecule has 1 N–H and O–H groups in total. The van der Waals surface area contributed by atoms with Crippen LogP contribution in [0.5, 0.6) is 0 Å². The van der Waals surface area contributed by atoms with Gasteiger partial charge in [-0.15, -0.1) is 0 Å². The molecule has 3 nitrogen and oxygen atoms in total. The zero-order chi connectivity index (χ0) is 12.7. The fourth-order valence-electron chi connectivity index (χ4n) is 2.08. The van der Waals surface area contributed by atoms with Crippen molar-refractivity contribution < 1.29 is 0 Å². The zero-order valence-electron chi connectivity index (χ0n) is 11.7. The van der Waals surface area contributed by atoms with Gasteiger partial charge in [-0.25, -0.2) is 0 Å². The van der Waals surface area contributed by atoms with Crippen LogP contribution in [0, 0.1) is 0 Å². The summed E-state index contributed by atoms with van der Waals surface area (Å²) in [6.07, 6.45) is 4.45. The summed E-state index contributed by atoms with van der Waals surface area (Å²) in [5.41, 5.74) is 1.38. The second-order valence-electron chi connectivity index (χ2n) is 4.49. The first kappa shape index (κ1) is 14.3. The molecule has 0 saturated carbocycles. The van der Waals surface area contributed by atoms with Gasteiger partial charge < -0.3 is 14.8 Å². The zero-order valence-corrected chi connectivity index (χ0v) is 11.7. The Balaban J connectivity index is 2.45. The summed E-state index contributed by atoms with van der Waals surface area (Å²) in [6, 6.07) is 2.67. The van der Waals surface area contributed by atoms with E-state index in [1.807, 2.05) is 0 Å². The van der Waals surface area contributed by atoms with Crippen LogP contribution in [0.3, 0.4) is 0 Å². The molecule has 1 rings (SSSR count). The van der Waals surface area contributed by atoms with Crippen molar-refractivity contribution in [3.8, 4) is 0 Å². The molecule has 0 amide bonds.